The fourth-order valence-electron chi connectivity index (χ4n) is 1.45. The Bertz CT molecular complexity index is 233. The van der Waals surface area contributed by atoms with Gasteiger partial charge in [-0.2, -0.15) is 0 Å². The second-order valence-corrected chi connectivity index (χ2v) is 4.93. The summed E-state index contributed by atoms with van der Waals surface area (Å²) in [6.07, 6.45) is 1.09. The van der Waals surface area contributed by atoms with E-state index in [2.05, 4.69) is 0 Å². The molecular weight excluding hydrogens is 138 g/mol. The highest BCUT2D eigenvalue weighted by Crippen LogP contribution is 2.43. The molecule has 0 radical (unpaired) electrons. The molecule has 0 N–H and O–H groups in total. The molecule has 0 amide bonds. The van der Waals surface area contributed by atoms with Crippen LogP contribution in [0.25, 0.3) is 0 Å². The summed E-state index contributed by atoms with van der Waals surface area (Å²) in [6, 6.07) is 0.370. The Kier molecular flexibility index (Phi) is 0.833. The molecule has 2 rings (SSSR count). The smallest absolute Gasteiger partial charge is 0.212 e. The van der Waals surface area contributed by atoms with E-state index < -0.39 is 10.0 Å². The number of nitrogens with zero attached hydrogens (tertiary/aromatic N) is 1. The third-order valence-corrected chi connectivity index (χ3v) is 4.21. The van der Waals surface area contributed by atoms with Crippen LogP contribution in [0.3, 0.4) is 0 Å². The Hall–Kier alpha value is -0.0900. The van der Waals surface area contributed by atoms with Crippen LogP contribution < -0.4 is 0 Å². The summed E-state index contributed by atoms with van der Waals surface area (Å²) < 4.78 is 23.4. The Morgan fingerprint density at radius 3 is 2.44 bits per heavy atom. The third-order valence-electron chi connectivity index (χ3n) is 2.22. The minimum Gasteiger partial charge on any atom is -0.212 e. The van der Waals surface area contributed by atoms with Gasteiger partial charge in [0, 0.05) is 13.1 Å². The lowest BCUT2D eigenvalue weighted by Gasteiger charge is -2.08. The van der Waals surface area contributed by atoms with E-state index in [9.17, 15) is 8.42 Å². The van der Waals surface area contributed by atoms with Crippen molar-refractivity contribution < 1.29 is 8.42 Å². The molecule has 0 aromatic rings. The summed E-state index contributed by atoms with van der Waals surface area (Å²) >= 11 is 0. The van der Waals surface area contributed by atoms with Crippen LogP contribution in [-0.2, 0) is 10.0 Å². The monoisotopic (exact) mass is 147 g/mol. The van der Waals surface area contributed by atoms with Crippen LogP contribution in [0.2, 0.25) is 0 Å². The third kappa shape index (κ3) is 0.632. The van der Waals surface area contributed by atoms with Gasteiger partial charge in [0.25, 0.3) is 0 Å². The van der Waals surface area contributed by atoms with Crippen molar-refractivity contribution in [2.75, 3.05) is 12.8 Å². The lowest BCUT2D eigenvalue weighted by atomic mass is 10.5. The lowest BCUT2D eigenvalue weighted by Crippen LogP contribution is -2.24. The van der Waals surface area contributed by atoms with Gasteiger partial charge in [0.15, 0.2) is 0 Å². The predicted octanol–water partition coefficient (Wildman–Crippen LogP) is -0.350. The van der Waals surface area contributed by atoms with Crippen molar-refractivity contribution in [3.8, 4) is 0 Å². The molecule has 9 heavy (non-hydrogen) atoms. The number of hydrogen-bond donors (Lipinski definition) is 0. The molecule has 0 aromatic carbocycles. The molecule has 2 atom stereocenters. The number of rotatable bonds is 0. The molecule has 3 nitrogen and oxygen atoms in total. The van der Waals surface area contributed by atoms with E-state index in [1.165, 1.54) is 4.31 Å². The molecule has 0 bridgehead atoms. The Morgan fingerprint density at radius 1 is 1.56 bits per heavy atom. The van der Waals surface area contributed by atoms with Crippen LogP contribution in [0.1, 0.15) is 6.42 Å². The van der Waals surface area contributed by atoms with Gasteiger partial charge in [0.2, 0.25) is 10.0 Å². The minimum atomic E-state index is -2.79. The largest absolute Gasteiger partial charge is 0.214 e. The van der Waals surface area contributed by atoms with Crippen molar-refractivity contribution in [1.29, 1.82) is 0 Å². The van der Waals surface area contributed by atoms with Crippen LogP contribution in [0.4, 0.5) is 0 Å². The molecule has 1 heterocycles. The average Bonchev–Trinajstić information content (AvgIpc) is 2.39. The van der Waals surface area contributed by atoms with Gasteiger partial charge in [0.1, 0.15) is 0 Å². The van der Waals surface area contributed by atoms with Crippen LogP contribution in [-0.4, -0.2) is 31.6 Å². The molecule has 0 spiro atoms. The van der Waals surface area contributed by atoms with Gasteiger partial charge in [-0.15, -0.1) is 0 Å². The molecule has 4 heteroatoms. The van der Waals surface area contributed by atoms with Gasteiger partial charge in [-0.05, 0) is 12.3 Å². The second kappa shape index (κ2) is 1.32. The molecular formula is C5H9NO2S. The maximum Gasteiger partial charge on any atom is 0.214 e. The van der Waals surface area contributed by atoms with Crippen LogP contribution in [0, 0.1) is 5.92 Å². The topological polar surface area (TPSA) is 37.4 Å². The summed E-state index contributed by atoms with van der Waals surface area (Å²) in [4.78, 5) is 0. The molecule has 1 saturated heterocycles. The minimum absolute atomic E-state index is 0.370. The molecule has 1 aliphatic heterocycles. The van der Waals surface area contributed by atoms with Gasteiger partial charge in [-0.25, -0.2) is 12.7 Å². The first-order valence-electron chi connectivity index (χ1n) is 3.07. The van der Waals surface area contributed by atoms with E-state index in [-0.39, 0.29) is 0 Å². The van der Waals surface area contributed by atoms with Crippen molar-refractivity contribution in [2.24, 2.45) is 5.92 Å². The summed E-state index contributed by atoms with van der Waals surface area (Å²) in [5.74, 6) is 0.869. The first-order chi connectivity index (χ1) is 4.11. The maximum atomic E-state index is 10.9. The fourth-order valence-corrected chi connectivity index (χ4v) is 3.26. The van der Waals surface area contributed by atoms with Crippen LogP contribution in [0.5, 0.6) is 0 Å². The maximum absolute atomic E-state index is 10.9. The second-order valence-electron chi connectivity index (χ2n) is 2.86. The van der Waals surface area contributed by atoms with E-state index >= 15 is 0 Å². The van der Waals surface area contributed by atoms with Gasteiger partial charge in [-0.1, -0.05) is 0 Å². The predicted molar refractivity (Wildman–Crippen MR) is 33.4 cm³/mol. The van der Waals surface area contributed by atoms with Gasteiger partial charge in [0.05, 0.1) is 5.75 Å². The summed E-state index contributed by atoms with van der Waals surface area (Å²) in [5, 5.41) is 0. The molecule has 2 aliphatic rings. The zero-order chi connectivity index (χ0) is 6.65. The Labute approximate surface area is 54.7 Å². The Balaban J connectivity index is 2.36. The number of fused-ring (bicyclic) bond motifs is 1. The van der Waals surface area contributed by atoms with Gasteiger partial charge >= 0.3 is 0 Å². The SMILES string of the molecule is CN1[C@H]2CC2CS1(=O)=O. The van der Waals surface area contributed by atoms with Gasteiger partial charge < -0.3 is 0 Å². The van der Waals surface area contributed by atoms with Crippen LogP contribution >= 0.6 is 0 Å². The molecule has 1 unspecified atom stereocenters. The molecule has 52 valence electrons. The van der Waals surface area contributed by atoms with E-state index in [0.29, 0.717) is 17.7 Å². The summed E-state index contributed by atoms with van der Waals surface area (Å²) in [6.45, 7) is 0. The quantitative estimate of drug-likeness (QED) is 0.469. The Morgan fingerprint density at radius 2 is 2.22 bits per heavy atom. The van der Waals surface area contributed by atoms with E-state index in [4.69, 9.17) is 0 Å². The summed E-state index contributed by atoms with van der Waals surface area (Å²) in [7, 11) is -1.12. The van der Waals surface area contributed by atoms with E-state index in [1.807, 2.05) is 0 Å². The average molecular weight is 147 g/mol. The molecule has 0 aromatic heterocycles. The lowest BCUT2D eigenvalue weighted by molar-refractivity contribution is 0.481. The van der Waals surface area contributed by atoms with Crippen molar-refractivity contribution in [2.45, 2.75) is 12.5 Å². The highest BCUT2D eigenvalue weighted by Gasteiger charge is 2.53. The first kappa shape index (κ1) is 5.68. The highest BCUT2D eigenvalue weighted by atomic mass is 32.2. The number of hydrogen-bond acceptors (Lipinski definition) is 2. The highest BCUT2D eigenvalue weighted by molar-refractivity contribution is 7.89. The van der Waals surface area contributed by atoms with Crippen molar-refractivity contribution >= 4 is 10.0 Å². The molecule has 1 aliphatic carbocycles. The zero-order valence-electron chi connectivity index (χ0n) is 5.24. The zero-order valence-corrected chi connectivity index (χ0v) is 6.06. The molecule has 1 saturated carbocycles. The normalized spacial score (nSPS) is 46.8. The van der Waals surface area contributed by atoms with Gasteiger partial charge in [-0.3, -0.25) is 0 Å². The van der Waals surface area contributed by atoms with Crippen molar-refractivity contribution in [3.63, 3.8) is 0 Å². The number of sulfonamides is 1. The first-order valence-corrected chi connectivity index (χ1v) is 4.68. The van der Waals surface area contributed by atoms with E-state index in [1.54, 1.807) is 7.05 Å². The molecule has 2 fully saturated rings. The van der Waals surface area contributed by atoms with Crippen molar-refractivity contribution in [1.82, 2.24) is 4.31 Å². The van der Waals surface area contributed by atoms with Crippen molar-refractivity contribution in [3.05, 3.63) is 0 Å². The van der Waals surface area contributed by atoms with E-state index in [0.717, 1.165) is 6.42 Å². The standard InChI is InChI=1S/C5H9NO2S/c1-6-5-2-4(5)3-9(6,7)8/h4-5H,2-3H2,1H3/t4?,5-/m0/s1. The fraction of sp³-hybridized carbons (Fsp3) is 1.00. The van der Waals surface area contributed by atoms with Crippen LogP contribution in [0.15, 0.2) is 0 Å². The summed E-state index contributed by atoms with van der Waals surface area (Å²) in [5.41, 5.74) is 0.